The highest BCUT2D eigenvalue weighted by Gasteiger charge is 2.72. The van der Waals surface area contributed by atoms with E-state index in [0.717, 1.165) is 24.4 Å². The van der Waals surface area contributed by atoms with Crippen LogP contribution in [0.4, 0.5) is 0 Å². The van der Waals surface area contributed by atoms with Crippen molar-refractivity contribution in [3.05, 3.63) is 0 Å². The molecule has 2 spiro atoms. The van der Waals surface area contributed by atoms with E-state index in [-0.39, 0.29) is 0 Å². The van der Waals surface area contributed by atoms with Crippen molar-refractivity contribution in [3.8, 4) is 0 Å². The zero-order chi connectivity index (χ0) is 11.2. The molecule has 1 nitrogen and oxygen atoms in total. The van der Waals surface area contributed by atoms with E-state index in [0.29, 0.717) is 16.4 Å². The summed E-state index contributed by atoms with van der Waals surface area (Å²) in [7, 11) is 0. The highest BCUT2D eigenvalue weighted by Crippen LogP contribution is 2.75. The molecule has 0 radical (unpaired) electrons. The van der Waals surface area contributed by atoms with Crippen LogP contribution in [0.25, 0.3) is 0 Å². The van der Waals surface area contributed by atoms with E-state index in [4.69, 9.17) is 4.74 Å². The number of rotatable bonds is 0. The van der Waals surface area contributed by atoms with E-state index in [9.17, 15) is 0 Å². The molecule has 16 heavy (non-hydrogen) atoms. The molecule has 0 N–H and O–H groups in total. The molecule has 3 aliphatic carbocycles. The number of fused-ring (bicyclic) bond motifs is 2. The number of epoxide rings is 1. The number of hydrogen-bond acceptors (Lipinski definition) is 1. The predicted octanol–water partition coefficient (Wildman–Crippen LogP) is 3.63. The third-order valence-corrected chi connectivity index (χ3v) is 7.11. The molecule has 1 aliphatic heterocycles. The van der Waals surface area contributed by atoms with Crippen LogP contribution in [0.1, 0.15) is 52.9 Å². The van der Waals surface area contributed by atoms with Gasteiger partial charge in [0.1, 0.15) is 0 Å². The minimum absolute atomic E-state index is 0.346. The zero-order valence-corrected chi connectivity index (χ0v) is 10.9. The van der Waals surface area contributed by atoms with Crippen LogP contribution in [-0.4, -0.2) is 12.2 Å². The van der Waals surface area contributed by atoms with Crippen LogP contribution in [-0.2, 0) is 4.74 Å². The number of hydrogen-bond donors (Lipinski definition) is 0. The Hall–Kier alpha value is -0.0400. The quantitative estimate of drug-likeness (QED) is 0.568. The van der Waals surface area contributed by atoms with Gasteiger partial charge in [0.05, 0.1) is 12.2 Å². The van der Waals surface area contributed by atoms with E-state index in [2.05, 4.69) is 20.8 Å². The largest absolute Gasteiger partial charge is 0.369 e. The van der Waals surface area contributed by atoms with Crippen LogP contribution in [0.5, 0.6) is 0 Å². The third-order valence-electron chi connectivity index (χ3n) is 7.11. The summed E-state index contributed by atoms with van der Waals surface area (Å²) in [5, 5.41) is 0. The molecule has 1 heterocycles. The first-order valence-electron chi connectivity index (χ1n) is 7.15. The van der Waals surface area contributed by atoms with Crippen molar-refractivity contribution in [2.45, 2.75) is 58.5 Å². The molecule has 4 aliphatic rings. The molecular weight excluding hydrogens is 196 g/mol. The Morgan fingerprint density at radius 1 is 1.06 bits per heavy atom. The van der Waals surface area contributed by atoms with Gasteiger partial charge in [-0.05, 0) is 60.7 Å². The molecule has 4 rings (SSSR count). The molecule has 5 atom stereocenters. The fraction of sp³-hybridized carbons (Fsp3) is 1.00. The van der Waals surface area contributed by atoms with Gasteiger partial charge in [0.2, 0.25) is 0 Å². The SMILES string of the molecule is CC1CCC2C(C)(C)C3CC12CCC31CO1. The Bertz CT molecular complexity index is 337. The summed E-state index contributed by atoms with van der Waals surface area (Å²) < 4.78 is 5.90. The van der Waals surface area contributed by atoms with E-state index in [1.807, 2.05) is 0 Å². The van der Waals surface area contributed by atoms with Crippen LogP contribution < -0.4 is 0 Å². The molecule has 5 unspecified atom stereocenters. The van der Waals surface area contributed by atoms with E-state index in [1.54, 1.807) is 0 Å². The maximum Gasteiger partial charge on any atom is 0.0950 e. The van der Waals surface area contributed by atoms with Crippen LogP contribution in [0, 0.1) is 28.6 Å². The first-order valence-corrected chi connectivity index (χ1v) is 7.15. The van der Waals surface area contributed by atoms with Crippen LogP contribution in [0.3, 0.4) is 0 Å². The maximum atomic E-state index is 5.90. The molecule has 2 bridgehead atoms. The first kappa shape index (κ1) is 9.94. The van der Waals surface area contributed by atoms with Gasteiger partial charge in [0.25, 0.3) is 0 Å². The Morgan fingerprint density at radius 3 is 2.50 bits per heavy atom. The van der Waals surface area contributed by atoms with E-state index < -0.39 is 0 Å². The lowest BCUT2D eigenvalue weighted by Crippen LogP contribution is -2.37. The molecule has 90 valence electrons. The molecular formula is C15H24O. The lowest BCUT2D eigenvalue weighted by atomic mass is 9.65. The third kappa shape index (κ3) is 0.868. The fourth-order valence-electron chi connectivity index (χ4n) is 6.12. The molecule has 0 aromatic carbocycles. The molecule has 1 heteroatoms. The summed E-state index contributed by atoms with van der Waals surface area (Å²) in [6.45, 7) is 8.66. The van der Waals surface area contributed by atoms with Crippen molar-refractivity contribution < 1.29 is 4.74 Å². The average molecular weight is 220 g/mol. The second-order valence-electron chi connectivity index (χ2n) is 7.70. The van der Waals surface area contributed by atoms with Crippen molar-refractivity contribution in [3.63, 3.8) is 0 Å². The van der Waals surface area contributed by atoms with Gasteiger partial charge in [-0.1, -0.05) is 20.8 Å². The predicted molar refractivity (Wildman–Crippen MR) is 64.1 cm³/mol. The van der Waals surface area contributed by atoms with Crippen molar-refractivity contribution >= 4 is 0 Å². The van der Waals surface area contributed by atoms with Crippen molar-refractivity contribution in [2.75, 3.05) is 6.61 Å². The summed E-state index contributed by atoms with van der Waals surface area (Å²) in [6.07, 6.45) is 7.27. The molecule has 0 aromatic heterocycles. The minimum Gasteiger partial charge on any atom is -0.369 e. The van der Waals surface area contributed by atoms with Crippen LogP contribution in [0.15, 0.2) is 0 Å². The van der Waals surface area contributed by atoms with E-state index in [1.165, 1.54) is 32.1 Å². The maximum absolute atomic E-state index is 5.90. The standard InChI is InChI=1S/C15H24O/c1-10-4-5-11-13(2,3)12-8-14(10,11)6-7-15(12)9-16-15/h10-12H,4-9H2,1-3H3. The average Bonchev–Trinajstić information content (AvgIpc) is 2.89. The Kier molecular flexibility index (Phi) is 1.57. The normalized spacial score (nSPS) is 61.3. The summed E-state index contributed by atoms with van der Waals surface area (Å²) in [6, 6.07) is 0. The first-order chi connectivity index (χ1) is 7.51. The molecule has 0 aromatic rings. The molecule has 1 saturated heterocycles. The lowest BCUT2D eigenvalue weighted by Gasteiger charge is -2.39. The van der Waals surface area contributed by atoms with Gasteiger partial charge in [-0.25, -0.2) is 0 Å². The Balaban J connectivity index is 1.82. The summed E-state index contributed by atoms with van der Waals surface area (Å²) in [4.78, 5) is 0. The van der Waals surface area contributed by atoms with E-state index >= 15 is 0 Å². The van der Waals surface area contributed by atoms with Gasteiger partial charge < -0.3 is 4.74 Å². The van der Waals surface area contributed by atoms with Gasteiger partial charge in [-0.15, -0.1) is 0 Å². The lowest BCUT2D eigenvalue weighted by molar-refractivity contribution is 0.0696. The van der Waals surface area contributed by atoms with Gasteiger partial charge in [-0.3, -0.25) is 0 Å². The Labute approximate surface area is 98.9 Å². The molecule has 4 fully saturated rings. The highest BCUT2D eigenvalue weighted by atomic mass is 16.6. The molecule has 3 saturated carbocycles. The van der Waals surface area contributed by atoms with Crippen molar-refractivity contribution in [1.82, 2.24) is 0 Å². The second kappa shape index (κ2) is 2.53. The summed E-state index contributed by atoms with van der Waals surface area (Å²) in [5.74, 6) is 2.82. The zero-order valence-electron chi connectivity index (χ0n) is 10.9. The highest BCUT2D eigenvalue weighted by molar-refractivity contribution is 5.21. The topological polar surface area (TPSA) is 12.5 Å². The van der Waals surface area contributed by atoms with Gasteiger partial charge >= 0.3 is 0 Å². The van der Waals surface area contributed by atoms with Gasteiger partial charge in [0, 0.05) is 0 Å². The van der Waals surface area contributed by atoms with Crippen LogP contribution >= 0.6 is 0 Å². The monoisotopic (exact) mass is 220 g/mol. The minimum atomic E-state index is 0.346. The number of ether oxygens (including phenoxy) is 1. The second-order valence-corrected chi connectivity index (χ2v) is 7.70. The fourth-order valence-corrected chi connectivity index (χ4v) is 6.12. The van der Waals surface area contributed by atoms with Gasteiger partial charge in [-0.2, -0.15) is 0 Å². The van der Waals surface area contributed by atoms with Crippen molar-refractivity contribution in [1.29, 1.82) is 0 Å². The Morgan fingerprint density at radius 2 is 1.81 bits per heavy atom. The molecule has 0 amide bonds. The summed E-state index contributed by atoms with van der Waals surface area (Å²) >= 11 is 0. The van der Waals surface area contributed by atoms with Crippen LogP contribution in [0.2, 0.25) is 0 Å². The smallest absolute Gasteiger partial charge is 0.0950 e. The summed E-state index contributed by atoms with van der Waals surface area (Å²) in [5.41, 5.74) is 1.60. The van der Waals surface area contributed by atoms with Gasteiger partial charge in [0.15, 0.2) is 0 Å². The van der Waals surface area contributed by atoms with Crippen molar-refractivity contribution in [2.24, 2.45) is 28.6 Å².